The van der Waals surface area contributed by atoms with E-state index in [1.54, 1.807) is 0 Å². The van der Waals surface area contributed by atoms with Gasteiger partial charge in [0.1, 0.15) is 12.6 Å². The molecule has 222 valence electrons. The Morgan fingerprint density at radius 1 is 0.927 bits per heavy atom. The van der Waals surface area contributed by atoms with Crippen LogP contribution in [0.1, 0.15) is 75.5 Å². The van der Waals surface area contributed by atoms with E-state index in [4.69, 9.17) is 0 Å². The van der Waals surface area contributed by atoms with Crippen LogP contribution >= 0.6 is 0 Å². The Morgan fingerprint density at radius 2 is 1.49 bits per heavy atom. The smallest absolute Gasteiger partial charge is 0.244 e. The first kappa shape index (κ1) is 29.6. The lowest BCUT2D eigenvalue weighted by Crippen LogP contribution is -2.52. The lowest BCUT2D eigenvalue weighted by molar-refractivity contribution is -0.140. The van der Waals surface area contributed by atoms with Crippen molar-refractivity contribution in [2.75, 3.05) is 23.7 Å². The summed E-state index contributed by atoms with van der Waals surface area (Å²) < 4.78 is 27.3. The van der Waals surface area contributed by atoms with E-state index in [1.807, 2.05) is 57.2 Å². The van der Waals surface area contributed by atoms with Gasteiger partial charge in [0, 0.05) is 13.1 Å². The van der Waals surface area contributed by atoms with Crippen molar-refractivity contribution in [3.8, 4) is 0 Å². The van der Waals surface area contributed by atoms with Crippen LogP contribution in [0.25, 0.3) is 0 Å². The van der Waals surface area contributed by atoms with Gasteiger partial charge in [-0.05, 0) is 105 Å². The minimum atomic E-state index is -3.76. The van der Waals surface area contributed by atoms with E-state index >= 15 is 0 Å². The molecule has 4 saturated carbocycles. The molecule has 0 heterocycles. The summed E-state index contributed by atoms with van der Waals surface area (Å²) in [5.41, 5.74) is 3.99. The molecule has 4 aliphatic carbocycles. The van der Waals surface area contributed by atoms with Crippen LogP contribution in [0.15, 0.2) is 48.5 Å². The van der Waals surface area contributed by atoms with E-state index < -0.39 is 22.0 Å². The molecule has 6 rings (SSSR count). The van der Waals surface area contributed by atoms with Gasteiger partial charge in [-0.15, -0.1) is 0 Å². The lowest BCUT2D eigenvalue weighted by atomic mass is 9.48. The molecule has 4 aliphatic rings. The highest BCUT2D eigenvalue weighted by Gasteiger charge is 2.51. The number of anilines is 1. The van der Waals surface area contributed by atoms with Gasteiger partial charge in [0.25, 0.3) is 0 Å². The maximum Gasteiger partial charge on any atom is 0.244 e. The molecule has 0 aromatic heterocycles. The SMILES string of the molecule is CCNC(=O)C(CC)N(Cc1ccc(C)cc1)C(=O)CN(c1ccc(C23CC4CC(CC(C4)C2)C3)cc1)S(C)(=O)=O. The van der Waals surface area contributed by atoms with Gasteiger partial charge in [-0.2, -0.15) is 0 Å². The molecule has 0 aliphatic heterocycles. The number of hydrogen-bond donors (Lipinski definition) is 1. The van der Waals surface area contributed by atoms with Crippen molar-refractivity contribution in [1.82, 2.24) is 10.2 Å². The molecule has 1 atom stereocenters. The zero-order valence-electron chi connectivity index (χ0n) is 24.9. The standard InChI is InChI=1S/C33H45N3O4S/c1-5-30(32(38)34-6-2)35(21-24-9-7-23(3)8-10-24)31(37)22-36(41(4,39)40)29-13-11-28(12-14-29)33-18-25-15-26(19-33)17-27(16-25)20-33/h7-14,25-27,30H,5-6,15-22H2,1-4H3,(H,34,38). The fourth-order valence-corrected chi connectivity index (χ4v) is 9.01. The maximum atomic E-state index is 13.9. The van der Waals surface area contributed by atoms with Crippen LogP contribution in [0, 0.1) is 24.7 Å². The van der Waals surface area contributed by atoms with Crippen molar-refractivity contribution in [3.63, 3.8) is 0 Å². The normalized spacial score (nSPS) is 25.5. The number of amides is 2. The summed E-state index contributed by atoms with van der Waals surface area (Å²) in [6.07, 6.45) is 9.37. The van der Waals surface area contributed by atoms with Gasteiger partial charge in [-0.3, -0.25) is 13.9 Å². The highest BCUT2D eigenvalue weighted by atomic mass is 32.2. The Balaban J connectivity index is 1.40. The third-order valence-electron chi connectivity index (χ3n) is 9.70. The van der Waals surface area contributed by atoms with Crippen LogP contribution in [-0.2, 0) is 31.6 Å². The largest absolute Gasteiger partial charge is 0.355 e. The summed E-state index contributed by atoms with van der Waals surface area (Å²) >= 11 is 0. The number of rotatable bonds is 11. The quantitative estimate of drug-likeness (QED) is 0.398. The topological polar surface area (TPSA) is 86.8 Å². The molecule has 0 saturated heterocycles. The van der Waals surface area contributed by atoms with Crippen LogP contribution < -0.4 is 9.62 Å². The highest BCUT2D eigenvalue weighted by molar-refractivity contribution is 7.92. The molecule has 0 spiro atoms. The second-order valence-electron chi connectivity index (χ2n) is 12.8. The van der Waals surface area contributed by atoms with E-state index in [2.05, 4.69) is 17.4 Å². The highest BCUT2D eigenvalue weighted by Crippen LogP contribution is 2.60. The molecule has 2 aromatic carbocycles. The average molecular weight is 580 g/mol. The molecular formula is C33H45N3O4S. The Morgan fingerprint density at radius 3 is 1.98 bits per heavy atom. The van der Waals surface area contributed by atoms with Gasteiger partial charge in [-0.25, -0.2) is 8.42 Å². The second kappa shape index (κ2) is 11.8. The maximum absolute atomic E-state index is 13.9. The molecule has 4 bridgehead atoms. The first-order valence-electron chi connectivity index (χ1n) is 15.2. The number of hydrogen-bond acceptors (Lipinski definition) is 4. The van der Waals surface area contributed by atoms with Crippen LogP contribution in [0.2, 0.25) is 0 Å². The third kappa shape index (κ3) is 6.32. The zero-order chi connectivity index (χ0) is 29.4. The van der Waals surface area contributed by atoms with E-state index in [1.165, 1.54) is 53.3 Å². The van der Waals surface area contributed by atoms with E-state index in [-0.39, 0.29) is 24.4 Å². The van der Waals surface area contributed by atoms with Gasteiger partial charge in [0.2, 0.25) is 21.8 Å². The van der Waals surface area contributed by atoms with Crippen LogP contribution in [0.5, 0.6) is 0 Å². The fraction of sp³-hybridized carbons (Fsp3) is 0.576. The Hall–Kier alpha value is -2.87. The van der Waals surface area contributed by atoms with Crippen LogP contribution in [-0.4, -0.2) is 50.5 Å². The van der Waals surface area contributed by atoms with Gasteiger partial charge in [0.15, 0.2) is 0 Å². The van der Waals surface area contributed by atoms with Crippen molar-refractivity contribution < 1.29 is 18.0 Å². The first-order valence-corrected chi connectivity index (χ1v) is 17.1. The van der Waals surface area contributed by atoms with Gasteiger partial charge in [-0.1, -0.05) is 48.9 Å². The molecule has 0 radical (unpaired) electrons. The van der Waals surface area contributed by atoms with E-state index in [0.717, 1.165) is 35.1 Å². The molecule has 1 unspecified atom stereocenters. The molecule has 2 amide bonds. The predicted molar refractivity (Wildman–Crippen MR) is 163 cm³/mol. The number of sulfonamides is 1. The summed E-state index contributed by atoms with van der Waals surface area (Å²) in [4.78, 5) is 28.4. The number of carbonyl (C=O) groups is 2. The number of aryl methyl sites for hydroxylation is 1. The number of carbonyl (C=O) groups excluding carboxylic acids is 2. The van der Waals surface area contributed by atoms with Gasteiger partial charge >= 0.3 is 0 Å². The molecule has 4 fully saturated rings. The fourth-order valence-electron chi connectivity index (χ4n) is 8.16. The second-order valence-corrected chi connectivity index (χ2v) is 14.7. The summed E-state index contributed by atoms with van der Waals surface area (Å²) in [6.45, 7) is 6.01. The molecule has 8 heteroatoms. The summed E-state index contributed by atoms with van der Waals surface area (Å²) in [6, 6.07) is 15.1. The van der Waals surface area contributed by atoms with Gasteiger partial charge < -0.3 is 10.2 Å². The first-order chi connectivity index (χ1) is 19.5. The molecule has 1 N–H and O–H groups in total. The van der Waals surface area contributed by atoms with E-state index in [9.17, 15) is 18.0 Å². The minimum Gasteiger partial charge on any atom is -0.355 e. The number of nitrogens with zero attached hydrogens (tertiary/aromatic N) is 2. The molecular weight excluding hydrogens is 534 g/mol. The number of likely N-dealkylation sites (N-methyl/N-ethyl adjacent to an activating group) is 1. The average Bonchev–Trinajstić information content (AvgIpc) is 2.91. The number of nitrogens with one attached hydrogen (secondary N) is 1. The van der Waals surface area contributed by atoms with E-state index in [0.29, 0.717) is 18.7 Å². The monoisotopic (exact) mass is 579 g/mol. The van der Waals surface area contributed by atoms with Crippen molar-refractivity contribution >= 4 is 27.5 Å². The third-order valence-corrected chi connectivity index (χ3v) is 10.8. The molecule has 7 nitrogen and oxygen atoms in total. The number of benzene rings is 2. The molecule has 41 heavy (non-hydrogen) atoms. The Kier molecular flexibility index (Phi) is 8.51. The Bertz CT molecular complexity index is 1320. The van der Waals surface area contributed by atoms with Crippen LogP contribution in [0.4, 0.5) is 5.69 Å². The summed E-state index contributed by atoms with van der Waals surface area (Å²) in [7, 11) is -3.76. The summed E-state index contributed by atoms with van der Waals surface area (Å²) in [5.74, 6) is 1.83. The van der Waals surface area contributed by atoms with Gasteiger partial charge in [0.05, 0.1) is 11.9 Å². The van der Waals surface area contributed by atoms with Crippen molar-refractivity contribution in [2.45, 2.75) is 83.7 Å². The Labute approximate surface area is 245 Å². The predicted octanol–water partition coefficient (Wildman–Crippen LogP) is 5.17. The summed E-state index contributed by atoms with van der Waals surface area (Å²) in [5, 5.41) is 2.84. The van der Waals surface area contributed by atoms with Crippen LogP contribution in [0.3, 0.4) is 0 Å². The van der Waals surface area contributed by atoms with Crippen molar-refractivity contribution in [2.24, 2.45) is 17.8 Å². The lowest BCUT2D eigenvalue weighted by Gasteiger charge is -2.57. The molecule has 2 aromatic rings. The van der Waals surface area contributed by atoms with Crippen molar-refractivity contribution in [1.29, 1.82) is 0 Å². The zero-order valence-corrected chi connectivity index (χ0v) is 25.8. The minimum absolute atomic E-state index is 0.213. The van der Waals surface area contributed by atoms with Crippen molar-refractivity contribution in [3.05, 3.63) is 65.2 Å².